The van der Waals surface area contributed by atoms with Crippen LogP contribution in [0.2, 0.25) is 5.02 Å². The summed E-state index contributed by atoms with van der Waals surface area (Å²) in [4.78, 5) is 17.5. The van der Waals surface area contributed by atoms with Crippen LogP contribution in [-0.4, -0.2) is 49.1 Å². The molecule has 1 amide bonds. The van der Waals surface area contributed by atoms with Crippen molar-refractivity contribution in [3.05, 3.63) is 83.1 Å². The molecule has 2 fully saturated rings. The zero-order chi connectivity index (χ0) is 24.0. The van der Waals surface area contributed by atoms with Gasteiger partial charge in [-0.05, 0) is 42.7 Å². The summed E-state index contributed by atoms with van der Waals surface area (Å²) in [7, 11) is 0. The number of piperidine rings is 2. The van der Waals surface area contributed by atoms with Gasteiger partial charge >= 0.3 is 0 Å². The lowest BCUT2D eigenvalue weighted by Crippen LogP contribution is -2.44. The van der Waals surface area contributed by atoms with E-state index in [1.807, 2.05) is 24.3 Å². The quantitative estimate of drug-likeness (QED) is 0.479. The van der Waals surface area contributed by atoms with Crippen molar-refractivity contribution in [3.63, 3.8) is 0 Å². The summed E-state index contributed by atoms with van der Waals surface area (Å²) in [5.41, 5.74) is 1.90. The maximum Gasteiger partial charge on any atom is 0.251 e. The Bertz CT molecular complexity index is 1090. The second-order valence-corrected chi connectivity index (χ2v) is 9.82. The summed E-state index contributed by atoms with van der Waals surface area (Å²) in [5.74, 6) is 1.46. The number of benzene rings is 2. The van der Waals surface area contributed by atoms with E-state index < -0.39 is 0 Å². The molecule has 2 aliphatic heterocycles. The van der Waals surface area contributed by atoms with Crippen LogP contribution < -0.4 is 15.0 Å². The molecule has 2 saturated heterocycles. The normalized spacial score (nSPS) is 17.9. The van der Waals surface area contributed by atoms with Crippen LogP contribution in [-0.2, 0) is 6.54 Å². The van der Waals surface area contributed by atoms with Crippen LogP contribution in [0.15, 0.2) is 71.3 Å². The minimum Gasteiger partial charge on any atom is -0.489 e. The van der Waals surface area contributed by atoms with Crippen LogP contribution in [0.1, 0.15) is 41.6 Å². The largest absolute Gasteiger partial charge is 0.489 e. The number of carbonyl (C=O) groups is 1. The highest BCUT2D eigenvalue weighted by Gasteiger charge is 2.24. The molecule has 7 heteroatoms. The Morgan fingerprint density at radius 2 is 1.74 bits per heavy atom. The van der Waals surface area contributed by atoms with Crippen LogP contribution in [0, 0.1) is 0 Å². The van der Waals surface area contributed by atoms with Crippen molar-refractivity contribution in [1.82, 2.24) is 10.2 Å². The van der Waals surface area contributed by atoms with Crippen molar-refractivity contribution < 1.29 is 13.9 Å². The molecule has 0 unspecified atom stereocenters. The van der Waals surface area contributed by atoms with Gasteiger partial charge in [0.05, 0.1) is 11.3 Å². The molecule has 3 heterocycles. The van der Waals surface area contributed by atoms with Gasteiger partial charge in [0.1, 0.15) is 11.9 Å². The predicted octanol–water partition coefficient (Wildman–Crippen LogP) is 5.38. The first-order valence-corrected chi connectivity index (χ1v) is 12.8. The van der Waals surface area contributed by atoms with Gasteiger partial charge < -0.3 is 19.4 Å². The van der Waals surface area contributed by atoms with E-state index in [-0.39, 0.29) is 18.1 Å². The minimum absolute atomic E-state index is 0.0771. The molecule has 1 aromatic heterocycles. The molecule has 5 rings (SSSR count). The van der Waals surface area contributed by atoms with Gasteiger partial charge in [-0.25, -0.2) is 0 Å². The Hall–Kier alpha value is -2.96. The topological polar surface area (TPSA) is 58.0 Å². The smallest absolute Gasteiger partial charge is 0.251 e. The summed E-state index contributed by atoms with van der Waals surface area (Å²) in [5, 5.41) is 3.66. The fourth-order valence-electron chi connectivity index (χ4n) is 4.91. The number of furan rings is 1. The molecule has 0 radical (unpaired) electrons. The van der Waals surface area contributed by atoms with Crippen LogP contribution in [0.4, 0.5) is 5.88 Å². The molecule has 0 saturated carbocycles. The maximum atomic E-state index is 12.8. The molecule has 35 heavy (non-hydrogen) atoms. The van der Waals surface area contributed by atoms with Gasteiger partial charge in [-0.3, -0.25) is 9.69 Å². The number of halogens is 1. The fraction of sp³-hybridized carbons (Fsp3) is 0.393. The molecular formula is C28H32ClN3O3. The highest BCUT2D eigenvalue weighted by molar-refractivity contribution is 6.32. The summed E-state index contributed by atoms with van der Waals surface area (Å²) in [6, 6.07) is 19.9. The Morgan fingerprint density at radius 1 is 0.971 bits per heavy atom. The van der Waals surface area contributed by atoms with Crippen molar-refractivity contribution in [2.24, 2.45) is 0 Å². The Balaban J connectivity index is 1.08. The van der Waals surface area contributed by atoms with Crippen LogP contribution >= 0.6 is 11.6 Å². The van der Waals surface area contributed by atoms with E-state index in [1.54, 1.807) is 18.4 Å². The van der Waals surface area contributed by atoms with E-state index in [0.29, 0.717) is 16.3 Å². The monoisotopic (exact) mass is 493 g/mol. The average molecular weight is 494 g/mol. The SMILES string of the molecule is O=C(NC1CCN(Cc2ccccc2)CC1)c1ccc(OC2CCN(c3ccco3)CC2)c(Cl)c1. The summed E-state index contributed by atoms with van der Waals surface area (Å²) < 4.78 is 11.7. The lowest BCUT2D eigenvalue weighted by atomic mass is 10.0. The van der Waals surface area contributed by atoms with Crippen molar-refractivity contribution in [1.29, 1.82) is 0 Å². The molecule has 0 spiro atoms. The van der Waals surface area contributed by atoms with Crippen molar-refractivity contribution in [2.45, 2.75) is 44.4 Å². The Morgan fingerprint density at radius 3 is 2.43 bits per heavy atom. The number of likely N-dealkylation sites (tertiary alicyclic amines) is 1. The number of anilines is 1. The third-order valence-electron chi connectivity index (χ3n) is 6.92. The minimum atomic E-state index is -0.0771. The Kier molecular flexibility index (Phi) is 7.60. The third-order valence-corrected chi connectivity index (χ3v) is 7.21. The predicted molar refractivity (Wildman–Crippen MR) is 138 cm³/mol. The number of amides is 1. The molecule has 0 bridgehead atoms. The number of hydrogen-bond acceptors (Lipinski definition) is 5. The highest BCUT2D eigenvalue weighted by atomic mass is 35.5. The molecule has 0 atom stereocenters. The van der Waals surface area contributed by atoms with E-state index in [0.717, 1.165) is 64.3 Å². The van der Waals surface area contributed by atoms with Crippen molar-refractivity contribution in [3.8, 4) is 5.75 Å². The van der Waals surface area contributed by atoms with Gasteiger partial charge in [0.25, 0.3) is 5.91 Å². The van der Waals surface area contributed by atoms with Crippen molar-refractivity contribution >= 4 is 23.4 Å². The van der Waals surface area contributed by atoms with Gasteiger partial charge in [0.2, 0.25) is 0 Å². The first-order chi connectivity index (χ1) is 17.1. The van der Waals surface area contributed by atoms with Crippen molar-refractivity contribution in [2.75, 3.05) is 31.1 Å². The second-order valence-electron chi connectivity index (χ2n) is 9.41. The van der Waals surface area contributed by atoms with Gasteiger partial charge in [-0.2, -0.15) is 0 Å². The standard InChI is InChI=1S/C28H32ClN3O3/c29-25-19-22(8-9-26(25)35-24-12-16-32(17-13-24)27-7-4-18-34-27)28(33)30-23-10-14-31(15-11-23)20-21-5-2-1-3-6-21/h1-9,18-19,23-24H,10-17,20H2,(H,30,33). The molecule has 2 aromatic carbocycles. The van der Waals surface area contributed by atoms with E-state index in [9.17, 15) is 4.79 Å². The first-order valence-electron chi connectivity index (χ1n) is 12.5. The highest BCUT2D eigenvalue weighted by Crippen LogP contribution is 2.29. The number of nitrogens with one attached hydrogen (secondary N) is 1. The van der Waals surface area contributed by atoms with Gasteiger partial charge in [-0.1, -0.05) is 41.9 Å². The zero-order valence-corrected chi connectivity index (χ0v) is 20.6. The zero-order valence-electron chi connectivity index (χ0n) is 19.9. The molecule has 0 aliphatic carbocycles. The second kappa shape index (κ2) is 11.2. The number of carbonyl (C=O) groups excluding carboxylic acids is 1. The lowest BCUT2D eigenvalue weighted by Gasteiger charge is -2.32. The fourth-order valence-corrected chi connectivity index (χ4v) is 5.13. The van der Waals surface area contributed by atoms with Crippen LogP contribution in [0.25, 0.3) is 0 Å². The van der Waals surface area contributed by atoms with E-state index >= 15 is 0 Å². The maximum absolute atomic E-state index is 12.8. The molecule has 2 aliphatic rings. The molecule has 184 valence electrons. The number of ether oxygens (including phenoxy) is 1. The van der Waals surface area contributed by atoms with Crippen LogP contribution in [0.3, 0.4) is 0 Å². The number of nitrogens with zero attached hydrogens (tertiary/aromatic N) is 2. The summed E-state index contributed by atoms with van der Waals surface area (Å²) in [6.07, 6.45) is 5.47. The number of hydrogen-bond donors (Lipinski definition) is 1. The molecular weight excluding hydrogens is 462 g/mol. The van der Waals surface area contributed by atoms with E-state index in [1.165, 1.54) is 5.56 Å². The summed E-state index contributed by atoms with van der Waals surface area (Å²) >= 11 is 6.50. The Labute approximate surface area is 211 Å². The lowest BCUT2D eigenvalue weighted by molar-refractivity contribution is 0.0909. The van der Waals surface area contributed by atoms with Gasteiger partial charge in [-0.15, -0.1) is 0 Å². The molecule has 3 aromatic rings. The van der Waals surface area contributed by atoms with E-state index in [2.05, 4.69) is 39.4 Å². The molecule has 6 nitrogen and oxygen atoms in total. The number of rotatable bonds is 7. The average Bonchev–Trinajstić information content (AvgIpc) is 3.43. The first kappa shape index (κ1) is 23.8. The van der Waals surface area contributed by atoms with E-state index in [4.69, 9.17) is 20.8 Å². The van der Waals surface area contributed by atoms with Gasteiger partial charge in [0.15, 0.2) is 5.88 Å². The molecule has 1 N–H and O–H groups in total. The third kappa shape index (κ3) is 6.19. The van der Waals surface area contributed by atoms with Crippen LogP contribution in [0.5, 0.6) is 5.75 Å². The summed E-state index contributed by atoms with van der Waals surface area (Å²) in [6.45, 7) is 4.67. The van der Waals surface area contributed by atoms with Gasteiger partial charge in [0, 0.05) is 63.2 Å².